The predicted molar refractivity (Wildman–Crippen MR) is 99.5 cm³/mol. The Labute approximate surface area is 155 Å². The maximum atomic E-state index is 12.4. The number of hydrogen-bond donors (Lipinski definition) is 2. The number of carboxylic acids is 1. The van der Waals surface area contributed by atoms with E-state index in [-0.39, 0.29) is 17.6 Å². The maximum absolute atomic E-state index is 12.4. The van der Waals surface area contributed by atoms with Crippen molar-refractivity contribution in [3.8, 4) is 0 Å². The Morgan fingerprint density at radius 1 is 1.35 bits per heavy atom. The van der Waals surface area contributed by atoms with Gasteiger partial charge in [-0.1, -0.05) is 6.07 Å². The Morgan fingerprint density at radius 3 is 2.85 bits per heavy atom. The van der Waals surface area contributed by atoms with Gasteiger partial charge in [0.05, 0.1) is 47.7 Å². The number of nitrogens with zero attached hydrogens (tertiary/aromatic N) is 1. The van der Waals surface area contributed by atoms with Crippen LogP contribution < -0.4 is 10.2 Å². The molecule has 0 aliphatic carbocycles. The highest BCUT2D eigenvalue weighted by Gasteiger charge is 2.20. The molecule has 1 fully saturated rings. The van der Waals surface area contributed by atoms with Crippen LogP contribution in [0.25, 0.3) is 0 Å². The third-order valence-electron chi connectivity index (χ3n) is 4.01. The molecule has 1 aliphatic heterocycles. The number of aromatic carboxylic acids is 1. The summed E-state index contributed by atoms with van der Waals surface area (Å²) in [6, 6.07) is 8.20. The van der Waals surface area contributed by atoms with Crippen molar-refractivity contribution < 1.29 is 24.2 Å². The number of benzene rings is 1. The molecule has 0 spiro atoms. The largest absolute Gasteiger partial charge is 0.478 e. The molecule has 0 bridgehead atoms. The summed E-state index contributed by atoms with van der Waals surface area (Å²) in [5.41, 5.74) is 1.28. The van der Waals surface area contributed by atoms with E-state index in [9.17, 15) is 14.7 Å². The molecule has 2 N–H and O–H groups in total. The number of likely N-dealkylation sites (N-methyl/N-ethyl adjacent to an activating group) is 1. The first-order chi connectivity index (χ1) is 12.5. The van der Waals surface area contributed by atoms with Crippen molar-refractivity contribution in [2.75, 3.05) is 43.6 Å². The molecule has 1 amide bonds. The van der Waals surface area contributed by atoms with Gasteiger partial charge in [0.2, 0.25) is 0 Å². The number of carbonyl (C=O) groups is 2. The third kappa shape index (κ3) is 4.40. The van der Waals surface area contributed by atoms with Gasteiger partial charge in [-0.3, -0.25) is 4.79 Å². The van der Waals surface area contributed by atoms with Crippen LogP contribution >= 0.6 is 11.3 Å². The highest BCUT2D eigenvalue weighted by atomic mass is 32.1. The second-order valence-electron chi connectivity index (χ2n) is 5.92. The third-order valence-corrected chi connectivity index (χ3v) is 4.88. The normalized spacial score (nSPS) is 16.9. The predicted octanol–water partition coefficient (Wildman–Crippen LogP) is 2.55. The van der Waals surface area contributed by atoms with Crippen molar-refractivity contribution in [1.29, 1.82) is 0 Å². The number of ether oxygens (including phenoxy) is 2. The molecule has 0 saturated carbocycles. The number of rotatable bonds is 6. The molecule has 2 heterocycles. The second-order valence-corrected chi connectivity index (χ2v) is 6.86. The summed E-state index contributed by atoms with van der Waals surface area (Å²) in [4.78, 5) is 26.2. The minimum absolute atomic E-state index is 0.0752. The van der Waals surface area contributed by atoms with Gasteiger partial charge in [0.1, 0.15) is 0 Å². The van der Waals surface area contributed by atoms with Gasteiger partial charge in [0, 0.05) is 13.6 Å². The van der Waals surface area contributed by atoms with E-state index >= 15 is 0 Å². The quantitative estimate of drug-likeness (QED) is 0.806. The lowest BCUT2D eigenvalue weighted by Crippen LogP contribution is -2.38. The lowest BCUT2D eigenvalue weighted by atomic mass is 10.1. The molecule has 0 radical (unpaired) electrons. The summed E-state index contributed by atoms with van der Waals surface area (Å²) in [5, 5.41) is 13.9. The average Bonchev–Trinajstić information content (AvgIpc) is 3.17. The Hall–Kier alpha value is -2.42. The Bertz CT molecular complexity index is 772. The molecular formula is C18H20N2O5S. The van der Waals surface area contributed by atoms with Gasteiger partial charge < -0.3 is 24.8 Å². The van der Waals surface area contributed by atoms with E-state index in [1.807, 2.05) is 17.3 Å². The maximum Gasteiger partial charge on any atom is 0.335 e. The number of thiophene rings is 1. The first kappa shape index (κ1) is 18.4. The van der Waals surface area contributed by atoms with Crippen LogP contribution in [0.3, 0.4) is 0 Å². The van der Waals surface area contributed by atoms with Gasteiger partial charge in [-0.05, 0) is 29.6 Å². The van der Waals surface area contributed by atoms with E-state index < -0.39 is 5.97 Å². The van der Waals surface area contributed by atoms with Crippen molar-refractivity contribution in [3.05, 3.63) is 46.2 Å². The summed E-state index contributed by atoms with van der Waals surface area (Å²) in [5.74, 6) is -1.32. The fourth-order valence-electron chi connectivity index (χ4n) is 2.74. The van der Waals surface area contributed by atoms with Crippen LogP contribution in [0, 0.1) is 0 Å². The molecule has 1 aromatic carbocycles. The van der Waals surface area contributed by atoms with E-state index in [0.717, 1.165) is 0 Å². The van der Waals surface area contributed by atoms with Gasteiger partial charge in [0.15, 0.2) is 0 Å². The second kappa shape index (κ2) is 8.31. The van der Waals surface area contributed by atoms with E-state index in [4.69, 9.17) is 9.47 Å². The van der Waals surface area contributed by atoms with Crippen molar-refractivity contribution >= 4 is 34.6 Å². The molecule has 26 heavy (non-hydrogen) atoms. The zero-order valence-corrected chi connectivity index (χ0v) is 15.1. The standard InChI is InChI=1S/C18H20N2O5S/c1-20(10-13-11-24-6-7-25-13)15-5-4-12(18(22)23)9-14(15)19-17(21)16-3-2-8-26-16/h2-5,8-9,13H,6-7,10-11H2,1H3,(H,19,21)(H,22,23)/t13-/m1/s1. The molecule has 8 heteroatoms. The molecule has 138 valence electrons. The number of hydrogen-bond acceptors (Lipinski definition) is 6. The summed E-state index contributed by atoms with van der Waals surface area (Å²) < 4.78 is 11.1. The number of carboxylic acid groups (broad SMARTS) is 1. The van der Waals surface area contributed by atoms with E-state index in [0.29, 0.717) is 42.6 Å². The van der Waals surface area contributed by atoms with Crippen LogP contribution in [0.5, 0.6) is 0 Å². The van der Waals surface area contributed by atoms with E-state index in [1.54, 1.807) is 18.2 Å². The summed E-state index contributed by atoms with van der Waals surface area (Å²) >= 11 is 1.33. The number of anilines is 2. The molecule has 2 aromatic rings. The average molecular weight is 376 g/mol. The van der Waals surface area contributed by atoms with Crippen LogP contribution in [0.4, 0.5) is 11.4 Å². The fraction of sp³-hybridized carbons (Fsp3) is 0.333. The van der Waals surface area contributed by atoms with Crippen LogP contribution in [0.15, 0.2) is 35.7 Å². The molecule has 1 saturated heterocycles. The SMILES string of the molecule is CN(C[C@@H]1COCCO1)c1ccc(C(=O)O)cc1NC(=O)c1cccs1. The minimum Gasteiger partial charge on any atom is -0.478 e. The first-order valence-corrected chi connectivity index (χ1v) is 9.05. The van der Waals surface area contributed by atoms with Crippen LogP contribution in [0.1, 0.15) is 20.0 Å². The van der Waals surface area contributed by atoms with Crippen molar-refractivity contribution in [2.45, 2.75) is 6.10 Å². The van der Waals surface area contributed by atoms with Gasteiger partial charge in [-0.2, -0.15) is 0 Å². The van der Waals surface area contributed by atoms with E-state index in [1.165, 1.54) is 23.5 Å². The highest BCUT2D eigenvalue weighted by molar-refractivity contribution is 7.12. The Kier molecular flexibility index (Phi) is 5.87. The van der Waals surface area contributed by atoms with Crippen molar-refractivity contribution in [2.24, 2.45) is 0 Å². The smallest absolute Gasteiger partial charge is 0.335 e. The summed E-state index contributed by atoms with van der Waals surface area (Å²) in [6.07, 6.45) is -0.0752. The van der Waals surface area contributed by atoms with Crippen LogP contribution in [0.2, 0.25) is 0 Å². The summed E-state index contributed by atoms with van der Waals surface area (Å²) in [6.45, 7) is 2.22. The molecule has 7 nitrogen and oxygen atoms in total. The molecule has 1 aromatic heterocycles. The van der Waals surface area contributed by atoms with Gasteiger partial charge in [-0.25, -0.2) is 4.79 Å². The van der Waals surface area contributed by atoms with Crippen LogP contribution in [-0.4, -0.2) is 56.5 Å². The van der Waals surface area contributed by atoms with Crippen LogP contribution in [-0.2, 0) is 9.47 Å². The lowest BCUT2D eigenvalue weighted by Gasteiger charge is -2.30. The van der Waals surface area contributed by atoms with Crippen molar-refractivity contribution in [3.63, 3.8) is 0 Å². The van der Waals surface area contributed by atoms with Gasteiger partial charge in [-0.15, -0.1) is 11.3 Å². The number of amides is 1. The summed E-state index contributed by atoms with van der Waals surface area (Å²) in [7, 11) is 1.87. The minimum atomic E-state index is -1.05. The number of nitrogens with one attached hydrogen (secondary N) is 1. The monoisotopic (exact) mass is 376 g/mol. The zero-order chi connectivity index (χ0) is 18.5. The highest BCUT2D eigenvalue weighted by Crippen LogP contribution is 2.28. The molecule has 0 unspecified atom stereocenters. The topological polar surface area (TPSA) is 88.1 Å². The number of carbonyl (C=O) groups excluding carboxylic acids is 1. The van der Waals surface area contributed by atoms with E-state index in [2.05, 4.69) is 5.32 Å². The fourth-order valence-corrected chi connectivity index (χ4v) is 3.36. The van der Waals surface area contributed by atoms with Gasteiger partial charge >= 0.3 is 5.97 Å². The molecule has 3 rings (SSSR count). The first-order valence-electron chi connectivity index (χ1n) is 8.17. The van der Waals surface area contributed by atoms with Crippen molar-refractivity contribution in [1.82, 2.24) is 0 Å². The Morgan fingerprint density at radius 2 is 2.19 bits per heavy atom. The molecule has 1 atom stereocenters. The Balaban J connectivity index is 1.82. The zero-order valence-electron chi connectivity index (χ0n) is 14.3. The molecular weight excluding hydrogens is 356 g/mol. The molecule has 1 aliphatic rings. The lowest BCUT2D eigenvalue weighted by molar-refractivity contribution is -0.0837. The van der Waals surface area contributed by atoms with Gasteiger partial charge in [0.25, 0.3) is 5.91 Å².